The molecule has 108 valence electrons. The zero-order valence-electron chi connectivity index (χ0n) is 12.8. The van der Waals surface area contributed by atoms with E-state index in [0.29, 0.717) is 6.04 Å². The second-order valence-corrected chi connectivity index (χ2v) is 5.37. The van der Waals surface area contributed by atoms with Crippen molar-refractivity contribution in [2.24, 2.45) is 0 Å². The normalized spacial score (nSPS) is 15.3. The smallest absolute Gasteiger partial charge is 0.169 e. The molecule has 4 heteroatoms. The summed E-state index contributed by atoms with van der Waals surface area (Å²) in [5, 5.41) is 18.4. The van der Waals surface area contributed by atoms with Crippen molar-refractivity contribution < 1.29 is 0 Å². The van der Waals surface area contributed by atoms with Crippen LogP contribution in [-0.4, -0.2) is 22.8 Å². The van der Waals surface area contributed by atoms with E-state index >= 15 is 0 Å². The van der Waals surface area contributed by atoms with Crippen LogP contribution in [0.3, 0.4) is 0 Å². The Hall–Kier alpha value is -1.63. The maximum Gasteiger partial charge on any atom is 0.169 e. The van der Waals surface area contributed by atoms with Gasteiger partial charge in [0.2, 0.25) is 0 Å². The van der Waals surface area contributed by atoms with Crippen LogP contribution in [0.4, 0.5) is 5.82 Å². The quantitative estimate of drug-likeness (QED) is 0.825. The van der Waals surface area contributed by atoms with Gasteiger partial charge in [0.05, 0.1) is 5.69 Å². The third-order valence-electron chi connectivity index (χ3n) is 4.32. The number of rotatable bonds is 5. The first-order valence-electron chi connectivity index (χ1n) is 7.81. The molecule has 1 aliphatic carbocycles. The van der Waals surface area contributed by atoms with Crippen LogP contribution in [0.5, 0.6) is 0 Å². The van der Waals surface area contributed by atoms with E-state index in [0.717, 1.165) is 42.0 Å². The van der Waals surface area contributed by atoms with Crippen molar-refractivity contribution in [1.29, 1.82) is 5.26 Å². The van der Waals surface area contributed by atoms with E-state index in [1.54, 1.807) is 0 Å². The van der Waals surface area contributed by atoms with E-state index < -0.39 is 0 Å². The first kappa shape index (κ1) is 14.8. The zero-order chi connectivity index (χ0) is 14.5. The fraction of sp³-hybridized carbons (Fsp3) is 0.688. The van der Waals surface area contributed by atoms with Crippen LogP contribution in [0.25, 0.3) is 0 Å². The average molecular weight is 272 g/mol. The minimum atomic E-state index is 0.526. The van der Waals surface area contributed by atoms with Gasteiger partial charge in [0.1, 0.15) is 11.6 Å². The van der Waals surface area contributed by atoms with Crippen molar-refractivity contribution >= 4 is 5.82 Å². The SMILES string of the molecule is CCc1nnc(N(CC)C2CCCC2)c(C#N)c1CC. The second kappa shape index (κ2) is 6.69. The molecule has 0 unspecified atom stereocenters. The standard InChI is InChI=1S/C16H24N4/c1-4-13-14(11-17)16(19-18-15(13)5-2)20(6-3)12-9-7-8-10-12/h12H,4-10H2,1-3H3. The van der Waals surface area contributed by atoms with Crippen molar-refractivity contribution in [3.05, 3.63) is 16.8 Å². The minimum absolute atomic E-state index is 0.526. The second-order valence-electron chi connectivity index (χ2n) is 5.37. The Kier molecular flexibility index (Phi) is 4.94. The Morgan fingerprint density at radius 2 is 1.85 bits per heavy atom. The Bertz CT molecular complexity index is 498. The molecule has 0 saturated heterocycles. The molecule has 0 N–H and O–H groups in total. The molecule has 1 fully saturated rings. The van der Waals surface area contributed by atoms with Gasteiger partial charge in [-0.1, -0.05) is 26.7 Å². The third-order valence-corrected chi connectivity index (χ3v) is 4.32. The zero-order valence-corrected chi connectivity index (χ0v) is 12.8. The van der Waals surface area contributed by atoms with Crippen LogP contribution in [0, 0.1) is 11.3 Å². The van der Waals surface area contributed by atoms with Gasteiger partial charge in [-0.15, -0.1) is 5.10 Å². The van der Waals surface area contributed by atoms with Gasteiger partial charge in [0.15, 0.2) is 5.82 Å². The largest absolute Gasteiger partial charge is 0.351 e. The van der Waals surface area contributed by atoms with Gasteiger partial charge in [-0.3, -0.25) is 0 Å². The molecule has 1 aliphatic rings. The number of aromatic nitrogens is 2. The van der Waals surface area contributed by atoms with Gasteiger partial charge >= 0.3 is 0 Å². The van der Waals surface area contributed by atoms with Crippen molar-refractivity contribution in [2.45, 2.75) is 65.3 Å². The van der Waals surface area contributed by atoms with Crippen LogP contribution in [0.15, 0.2) is 0 Å². The number of anilines is 1. The molecule has 20 heavy (non-hydrogen) atoms. The maximum atomic E-state index is 9.59. The maximum absolute atomic E-state index is 9.59. The molecule has 0 amide bonds. The first-order valence-corrected chi connectivity index (χ1v) is 7.81. The molecule has 0 aromatic carbocycles. The van der Waals surface area contributed by atoms with Gasteiger partial charge in [-0.25, -0.2) is 0 Å². The molecule has 1 heterocycles. The van der Waals surface area contributed by atoms with Crippen LogP contribution in [-0.2, 0) is 12.8 Å². The van der Waals surface area contributed by atoms with E-state index in [2.05, 4.69) is 41.9 Å². The minimum Gasteiger partial charge on any atom is -0.351 e. The Balaban J connectivity index is 2.47. The number of nitriles is 1. The van der Waals surface area contributed by atoms with Gasteiger partial charge in [-0.2, -0.15) is 10.4 Å². The molecule has 0 atom stereocenters. The molecular formula is C16H24N4. The third kappa shape index (κ3) is 2.63. The van der Waals surface area contributed by atoms with Crippen molar-refractivity contribution in [1.82, 2.24) is 10.2 Å². The van der Waals surface area contributed by atoms with Crippen LogP contribution < -0.4 is 4.90 Å². The molecule has 4 nitrogen and oxygen atoms in total. The molecule has 0 aliphatic heterocycles. The fourth-order valence-electron chi connectivity index (χ4n) is 3.28. The van der Waals surface area contributed by atoms with Crippen LogP contribution in [0.2, 0.25) is 0 Å². The number of hydrogen-bond acceptors (Lipinski definition) is 4. The van der Waals surface area contributed by atoms with Gasteiger partial charge in [0, 0.05) is 12.6 Å². The van der Waals surface area contributed by atoms with Crippen LogP contribution in [0.1, 0.15) is 63.3 Å². The molecule has 0 spiro atoms. The molecule has 1 saturated carbocycles. The van der Waals surface area contributed by atoms with Crippen molar-refractivity contribution in [3.63, 3.8) is 0 Å². The lowest BCUT2D eigenvalue weighted by Crippen LogP contribution is -2.35. The number of nitrogens with zero attached hydrogens (tertiary/aromatic N) is 4. The Morgan fingerprint density at radius 3 is 2.35 bits per heavy atom. The molecule has 1 aromatic rings. The van der Waals surface area contributed by atoms with E-state index in [-0.39, 0.29) is 0 Å². The van der Waals surface area contributed by atoms with Gasteiger partial charge in [-0.05, 0) is 38.2 Å². The summed E-state index contributed by atoms with van der Waals surface area (Å²) in [6, 6.07) is 2.91. The van der Waals surface area contributed by atoms with Crippen LogP contribution >= 0.6 is 0 Å². The highest BCUT2D eigenvalue weighted by Gasteiger charge is 2.26. The molecule has 0 radical (unpaired) electrons. The molecular weight excluding hydrogens is 248 g/mol. The fourth-order valence-corrected chi connectivity index (χ4v) is 3.28. The lowest BCUT2D eigenvalue weighted by atomic mass is 10.0. The lowest BCUT2D eigenvalue weighted by molar-refractivity contribution is 0.606. The number of hydrogen-bond donors (Lipinski definition) is 0. The van der Waals surface area contributed by atoms with Gasteiger partial charge in [0.25, 0.3) is 0 Å². The summed E-state index contributed by atoms with van der Waals surface area (Å²) < 4.78 is 0. The van der Waals surface area contributed by atoms with E-state index in [9.17, 15) is 5.26 Å². The average Bonchev–Trinajstić information content (AvgIpc) is 3.01. The monoisotopic (exact) mass is 272 g/mol. The highest BCUT2D eigenvalue weighted by atomic mass is 15.3. The summed E-state index contributed by atoms with van der Waals surface area (Å²) in [6.07, 6.45) is 6.65. The molecule has 2 rings (SSSR count). The summed E-state index contributed by atoms with van der Waals surface area (Å²) in [4.78, 5) is 2.29. The van der Waals surface area contributed by atoms with Crippen molar-refractivity contribution in [2.75, 3.05) is 11.4 Å². The summed E-state index contributed by atoms with van der Waals surface area (Å²) in [5.41, 5.74) is 2.79. The summed E-state index contributed by atoms with van der Waals surface area (Å²) in [6.45, 7) is 7.19. The topological polar surface area (TPSA) is 52.8 Å². The van der Waals surface area contributed by atoms with Crippen molar-refractivity contribution in [3.8, 4) is 6.07 Å². The highest BCUT2D eigenvalue weighted by Crippen LogP contribution is 2.30. The van der Waals surface area contributed by atoms with E-state index in [1.165, 1.54) is 25.7 Å². The summed E-state index contributed by atoms with van der Waals surface area (Å²) in [5.74, 6) is 0.802. The van der Waals surface area contributed by atoms with E-state index in [4.69, 9.17) is 0 Å². The lowest BCUT2D eigenvalue weighted by Gasteiger charge is -2.29. The predicted molar refractivity (Wildman–Crippen MR) is 80.8 cm³/mol. The number of aryl methyl sites for hydroxylation is 1. The highest BCUT2D eigenvalue weighted by molar-refractivity contribution is 5.58. The first-order chi connectivity index (χ1) is 9.76. The van der Waals surface area contributed by atoms with E-state index in [1.807, 2.05) is 0 Å². The Morgan fingerprint density at radius 1 is 1.15 bits per heavy atom. The predicted octanol–water partition coefficient (Wildman–Crippen LogP) is 3.24. The Labute approximate surface area is 121 Å². The van der Waals surface area contributed by atoms with Gasteiger partial charge < -0.3 is 4.90 Å². The summed E-state index contributed by atoms with van der Waals surface area (Å²) in [7, 11) is 0. The molecule has 0 bridgehead atoms. The summed E-state index contributed by atoms with van der Waals surface area (Å²) >= 11 is 0. The molecule has 1 aromatic heterocycles.